The molecule has 2 atom stereocenters. The lowest BCUT2D eigenvalue weighted by atomic mass is 10.00. The summed E-state index contributed by atoms with van der Waals surface area (Å²) in [7, 11) is 0. The maximum atomic E-state index is 11.0. The molecule has 1 heterocycles. The number of nitrogens with one attached hydrogen (secondary N) is 3. The largest absolute Gasteiger partial charge is 0.332 e. The van der Waals surface area contributed by atoms with Crippen molar-refractivity contribution in [3.63, 3.8) is 0 Å². The van der Waals surface area contributed by atoms with Gasteiger partial charge in [-0.3, -0.25) is 10.2 Å². The molecular formula is C16H24N4OS. The molecule has 1 aliphatic heterocycles. The van der Waals surface area contributed by atoms with Crippen LogP contribution in [0.25, 0.3) is 0 Å². The Labute approximate surface area is 137 Å². The predicted octanol–water partition coefficient (Wildman–Crippen LogP) is 3.11. The van der Waals surface area contributed by atoms with Crippen molar-refractivity contribution in [2.75, 3.05) is 10.6 Å². The number of benzene rings is 1. The van der Waals surface area contributed by atoms with Gasteiger partial charge in [0, 0.05) is 30.4 Å². The molecule has 1 saturated heterocycles. The van der Waals surface area contributed by atoms with Crippen LogP contribution in [0, 0.1) is 0 Å². The number of rotatable bonds is 3. The molecular weight excluding hydrogens is 296 g/mol. The van der Waals surface area contributed by atoms with Crippen LogP contribution in [0.4, 0.5) is 11.4 Å². The van der Waals surface area contributed by atoms with Gasteiger partial charge in [0.05, 0.1) is 0 Å². The Kier molecular flexibility index (Phi) is 5.74. The molecule has 0 spiro atoms. The van der Waals surface area contributed by atoms with E-state index < -0.39 is 0 Å². The molecule has 2 rings (SSSR count). The molecule has 0 radical (unpaired) electrons. The molecule has 22 heavy (non-hydrogen) atoms. The lowest BCUT2D eigenvalue weighted by molar-refractivity contribution is -0.114. The van der Waals surface area contributed by atoms with Crippen LogP contribution in [0.1, 0.15) is 40.0 Å². The third-order valence-corrected chi connectivity index (χ3v) is 4.08. The number of hydrogen-bond acceptors (Lipinski definition) is 3. The highest BCUT2D eigenvalue weighted by molar-refractivity contribution is 7.80. The zero-order valence-corrected chi connectivity index (χ0v) is 14.2. The number of carbonyl (C=O) groups is 1. The van der Waals surface area contributed by atoms with E-state index in [1.165, 1.54) is 26.2 Å². The lowest BCUT2D eigenvalue weighted by Gasteiger charge is -2.39. The summed E-state index contributed by atoms with van der Waals surface area (Å²) >= 11 is 5.39. The van der Waals surface area contributed by atoms with Crippen LogP contribution in [-0.2, 0) is 4.79 Å². The second-order valence-electron chi connectivity index (χ2n) is 5.86. The molecule has 0 aliphatic carbocycles. The Hall–Kier alpha value is -1.66. The van der Waals surface area contributed by atoms with Crippen molar-refractivity contribution in [3.05, 3.63) is 24.3 Å². The van der Waals surface area contributed by atoms with Crippen molar-refractivity contribution in [2.24, 2.45) is 0 Å². The van der Waals surface area contributed by atoms with Crippen molar-refractivity contribution in [2.45, 2.75) is 52.1 Å². The number of carbonyl (C=O) groups excluding carboxylic acids is 1. The third-order valence-electron chi connectivity index (χ3n) is 3.89. The second kappa shape index (κ2) is 7.56. The molecule has 1 amide bonds. The van der Waals surface area contributed by atoms with E-state index in [0.29, 0.717) is 17.2 Å². The standard InChI is InChI=1S/C16H24N4OS/c1-11-5-4-6-12(2)20(11)19-16(22)18-15-9-7-14(8-10-15)17-13(3)21/h7-12H,4-6H2,1-3H3,(H,17,21)(H2,18,19,22). The second-order valence-corrected chi connectivity index (χ2v) is 6.27. The van der Waals surface area contributed by atoms with E-state index in [1.807, 2.05) is 24.3 Å². The number of piperidine rings is 1. The van der Waals surface area contributed by atoms with Crippen molar-refractivity contribution >= 4 is 34.6 Å². The zero-order valence-electron chi connectivity index (χ0n) is 13.3. The molecule has 0 saturated carbocycles. The molecule has 1 aromatic carbocycles. The summed E-state index contributed by atoms with van der Waals surface area (Å²) < 4.78 is 0. The first-order valence-corrected chi connectivity index (χ1v) is 8.10. The van der Waals surface area contributed by atoms with Crippen molar-refractivity contribution < 1.29 is 4.79 Å². The van der Waals surface area contributed by atoms with Gasteiger partial charge < -0.3 is 10.6 Å². The topological polar surface area (TPSA) is 56.4 Å². The third kappa shape index (κ3) is 4.68. The van der Waals surface area contributed by atoms with Crippen molar-refractivity contribution in [1.82, 2.24) is 10.4 Å². The minimum absolute atomic E-state index is 0.0778. The summed E-state index contributed by atoms with van der Waals surface area (Å²) in [5.74, 6) is -0.0778. The molecule has 1 fully saturated rings. The quantitative estimate of drug-likeness (QED) is 0.747. The Morgan fingerprint density at radius 3 is 2.09 bits per heavy atom. The average Bonchev–Trinajstić information content (AvgIpc) is 2.45. The molecule has 0 aromatic heterocycles. The summed E-state index contributed by atoms with van der Waals surface area (Å²) in [6.07, 6.45) is 3.64. The van der Waals surface area contributed by atoms with Crippen LogP contribution in [0.2, 0.25) is 0 Å². The molecule has 1 aromatic rings. The van der Waals surface area contributed by atoms with E-state index in [0.717, 1.165) is 11.4 Å². The maximum absolute atomic E-state index is 11.0. The van der Waals surface area contributed by atoms with Gasteiger partial charge in [-0.05, 0) is 63.2 Å². The van der Waals surface area contributed by atoms with Crippen LogP contribution < -0.4 is 16.1 Å². The molecule has 5 nitrogen and oxygen atoms in total. The van der Waals surface area contributed by atoms with E-state index in [-0.39, 0.29) is 5.91 Å². The highest BCUT2D eigenvalue weighted by Crippen LogP contribution is 2.20. The van der Waals surface area contributed by atoms with E-state index in [2.05, 4.69) is 34.9 Å². The minimum Gasteiger partial charge on any atom is -0.332 e. The Bertz CT molecular complexity index is 521. The maximum Gasteiger partial charge on any atom is 0.221 e. The van der Waals surface area contributed by atoms with Crippen LogP contribution >= 0.6 is 12.2 Å². The molecule has 2 unspecified atom stereocenters. The van der Waals surface area contributed by atoms with Gasteiger partial charge in [-0.1, -0.05) is 6.42 Å². The van der Waals surface area contributed by atoms with Gasteiger partial charge in [-0.15, -0.1) is 0 Å². The van der Waals surface area contributed by atoms with Gasteiger partial charge in [-0.25, -0.2) is 5.01 Å². The first kappa shape index (κ1) is 16.7. The molecule has 6 heteroatoms. The number of amides is 1. The van der Waals surface area contributed by atoms with Gasteiger partial charge in [0.15, 0.2) is 5.11 Å². The molecule has 1 aliphatic rings. The van der Waals surface area contributed by atoms with Gasteiger partial charge in [0.25, 0.3) is 0 Å². The van der Waals surface area contributed by atoms with E-state index in [4.69, 9.17) is 12.2 Å². The summed E-state index contributed by atoms with van der Waals surface area (Å²) in [6.45, 7) is 5.92. The minimum atomic E-state index is -0.0778. The van der Waals surface area contributed by atoms with Gasteiger partial charge >= 0.3 is 0 Å². The van der Waals surface area contributed by atoms with E-state index in [9.17, 15) is 4.79 Å². The average molecular weight is 320 g/mol. The molecule has 3 N–H and O–H groups in total. The van der Waals surface area contributed by atoms with Crippen molar-refractivity contribution in [1.29, 1.82) is 0 Å². The highest BCUT2D eigenvalue weighted by atomic mass is 32.1. The zero-order chi connectivity index (χ0) is 16.1. The Morgan fingerprint density at radius 1 is 1.09 bits per heavy atom. The van der Waals surface area contributed by atoms with Gasteiger partial charge in [-0.2, -0.15) is 0 Å². The Morgan fingerprint density at radius 2 is 1.59 bits per heavy atom. The summed E-state index contributed by atoms with van der Waals surface area (Å²) in [6, 6.07) is 8.43. The number of anilines is 2. The first-order chi connectivity index (χ1) is 10.5. The molecule has 120 valence electrons. The van der Waals surface area contributed by atoms with E-state index >= 15 is 0 Å². The number of hydrogen-bond donors (Lipinski definition) is 3. The van der Waals surface area contributed by atoms with E-state index in [1.54, 1.807) is 0 Å². The summed E-state index contributed by atoms with van der Waals surface area (Å²) in [5, 5.41) is 8.73. The van der Waals surface area contributed by atoms with Crippen LogP contribution in [-0.4, -0.2) is 28.1 Å². The number of thiocarbonyl (C=S) groups is 1. The SMILES string of the molecule is CC(=O)Nc1ccc(NC(=S)NN2C(C)CCCC2C)cc1. The highest BCUT2D eigenvalue weighted by Gasteiger charge is 2.25. The van der Waals surface area contributed by atoms with Gasteiger partial charge in [0.2, 0.25) is 5.91 Å². The fourth-order valence-corrected chi connectivity index (χ4v) is 2.98. The van der Waals surface area contributed by atoms with Crippen molar-refractivity contribution in [3.8, 4) is 0 Å². The van der Waals surface area contributed by atoms with Gasteiger partial charge in [0.1, 0.15) is 0 Å². The molecule has 0 bridgehead atoms. The monoisotopic (exact) mass is 320 g/mol. The van der Waals surface area contributed by atoms with Crippen LogP contribution in [0.3, 0.4) is 0 Å². The predicted molar refractivity (Wildman–Crippen MR) is 94.7 cm³/mol. The lowest BCUT2D eigenvalue weighted by Crippen LogP contribution is -2.55. The Balaban J connectivity index is 1.90. The summed E-state index contributed by atoms with van der Waals surface area (Å²) in [4.78, 5) is 11.0. The normalized spacial score (nSPS) is 22.0. The summed E-state index contributed by atoms with van der Waals surface area (Å²) in [5.41, 5.74) is 4.96. The smallest absolute Gasteiger partial charge is 0.221 e. The van der Waals surface area contributed by atoms with Crippen LogP contribution in [0.15, 0.2) is 24.3 Å². The first-order valence-electron chi connectivity index (χ1n) is 7.69. The fourth-order valence-electron chi connectivity index (χ4n) is 2.76. The number of nitrogens with zero attached hydrogens (tertiary/aromatic N) is 1. The number of hydrazine groups is 1. The fraction of sp³-hybridized carbons (Fsp3) is 0.500. The van der Waals surface area contributed by atoms with Crippen LogP contribution in [0.5, 0.6) is 0 Å².